The van der Waals surface area contributed by atoms with E-state index >= 15 is 0 Å². The molecule has 0 unspecified atom stereocenters. The van der Waals surface area contributed by atoms with Crippen LogP contribution in [0.5, 0.6) is 0 Å². The van der Waals surface area contributed by atoms with Gasteiger partial charge in [0, 0.05) is 6.07 Å². The van der Waals surface area contributed by atoms with Gasteiger partial charge in [-0.1, -0.05) is 0 Å². The van der Waals surface area contributed by atoms with E-state index in [9.17, 15) is 4.79 Å². The van der Waals surface area contributed by atoms with Gasteiger partial charge in [-0.25, -0.2) is 5.10 Å². The normalized spacial score (nSPS) is 10.0. The van der Waals surface area contributed by atoms with Crippen molar-refractivity contribution in [3.8, 4) is 0 Å². The number of furan rings is 1. The van der Waals surface area contributed by atoms with Crippen molar-refractivity contribution in [3.05, 3.63) is 24.2 Å². The number of nitrogen functional groups attached to an aromatic ring is 1. The quantitative estimate of drug-likeness (QED) is 0.632. The minimum atomic E-state index is -0.432. The molecule has 0 saturated heterocycles. The van der Waals surface area contributed by atoms with E-state index in [-0.39, 0.29) is 17.6 Å². The van der Waals surface area contributed by atoms with E-state index < -0.39 is 5.91 Å². The van der Waals surface area contributed by atoms with Crippen LogP contribution < -0.4 is 11.1 Å². The van der Waals surface area contributed by atoms with Gasteiger partial charge in [0.2, 0.25) is 5.95 Å². The number of hydrogen-bond acceptors (Lipinski definition) is 5. The summed E-state index contributed by atoms with van der Waals surface area (Å²) < 4.78 is 4.90. The average Bonchev–Trinajstić information content (AvgIpc) is 2.75. The Bertz CT molecular complexity index is 433. The molecule has 0 saturated carbocycles. The van der Waals surface area contributed by atoms with Crippen LogP contribution >= 0.6 is 0 Å². The summed E-state index contributed by atoms with van der Waals surface area (Å²) in [7, 11) is 0. The van der Waals surface area contributed by atoms with Crippen LogP contribution in [0.3, 0.4) is 0 Å². The van der Waals surface area contributed by atoms with E-state index in [4.69, 9.17) is 10.2 Å². The predicted molar refractivity (Wildman–Crippen MR) is 47.5 cm³/mol. The number of rotatable bonds is 2. The molecule has 0 spiro atoms. The van der Waals surface area contributed by atoms with Gasteiger partial charge in [-0.05, 0) is 6.07 Å². The Balaban J connectivity index is 2.10. The van der Waals surface area contributed by atoms with E-state index in [0.29, 0.717) is 0 Å². The van der Waals surface area contributed by atoms with Gasteiger partial charge in [0.15, 0.2) is 11.6 Å². The number of anilines is 2. The zero-order chi connectivity index (χ0) is 9.97. The fourth-order valence-electron chi connectivity index (χ4n) is 0.910. The molecule has 2 aromatic heterocycles. The van der Waals surface area contributed by atoms with Crippen molar-refractivity contribution in [2.45, 2.75) is 0 Å². The molecule has 0 radical (unpaired) electrons. The van der Waals surface area contributed by atoms with Crippen LogP contribution in [0.15, 0.2) is 22.9 Å². The first-order chi connectivity index (χ1) is 6.75. The molecule has 72 valence electrons. The van der Waals surface area contributed by atoms with Gasteiger partial charge in [-0.15, -0.1) is 0 Å². The van der Waals surface area contributed by atoms with Crippen LogP contribution in [-0.4, -0.2) is 21.1 Å². The topological polar surface area (TPSA) is 110 Å². The first-order valence-corrected chi connectivity index (χ1v) is 3.78. The standard InChI is InChI=1S/C7H7N5O2/c8-5-2-1-4(14-5)6(13)11-7-9-3-10-12-7/h1-3H,8H2,(H2,9,10,11,12,13). The Morgan fingerprint density at radius 3 is 3.00 bits per heavy atom. The Morgan fingerprint density at radius 2 is 2.43 bits per heavy atom. The van der Waals surface area contributed by atoms with Crippen LogP contribution in [0.4, 0.5) is 11.8 Å². The molecule has 14 heavy (non-hydrogen) atoms. The van der Waals surface area contributed by atoms with E-state index in [1.54, 1.807) is 0 Å². The van der Waals surface area contributed by atoms with Gasteiger partial charge in [-0.2, -0.15) is 10.1 Å². The number of nitrogens with one attached hydrogen (secondary N) is 2. The van der Waals surface area contributed by atoms with Gasteiger partial charge >= 0.3 is 0 Å². The monoisotopic (exact) mass is 193 g/mol. The highest BCUT2D eigenvalue weighted by molar-refractivity contribution is 6.01. The number of nitrogens with two attached hydrogens (primary N) is 1. The molecule has 0 bridgehead atoms. The lowest BCUT2D eigenvalue weighted by Crippen LogP contribution is -2.11. The minimum Gasteiger partial charge on any atom is -0.436 e. The molecular formula is C7H7N5O2. The molecule has 1 amide bonds. The van der Waals surface area contributed by atoms with Crippen LogP contribution in [-0.2, 0) is 0 Å². The second-order valence-electron chi connectivity index (χ2n) is 2.49. The third kappa shape index (κ3) is 1.56. The maximum Gasteiger partial charge on any atom is 0.293 e. The molecule has 7 nitrogen and oxygen atoms in total. The van der Waals surface area contributed by atoms with Crippen molar-refractivity contribution in [1.82, 2.24) is 15.2 Å². The van der Waals surface area contributed by atoms with E-state index in [0.717, 1.165) is 0 Å². The maximum atomic E-state index is 11.4. The largest absolute Gasteiger partial charge is 0.436 e. The zero-order valence-electron chi connectivity index (χ0n) is 7.02. The SMILES string of the molecule is Nc1ccc(C(=O)Nc2ncn[nH]2)o1. The lowest BCUT2D eigenvalue weighted by molar-refractivity contribution is 0.0997. The molecular weight excluding hydrogens is 186 g/mol. The lowest BCUT2D eigenvalue weighted by Gasteiger charge is -1.96. The summed E-state index contributed by atoms with van der Waals surface area (Å²) in [5.74, 6) is 0.134. The van der Waals surface area contributed by atoms with Gasteiger partial charge in [0.25, 0.3) is 5.91 Å². The maximum absolute atomic E-state index is 11.4. The van der Waals surface area contributed by atoms with Gasteiger partial charge in [0.05, 0.1) is 0 Å². The predicted octanol–water partition coefficient (Wildman–Crippen LogP) is 0.232. The number of nitrogens with zero attached hydrogens (tertiary/aromatic N) is 2. The van der Waals surface area contributed by atoms with Crippen LogP contribution in [0.25, 0.3) is 0 Å². The molecule has 2 heterocycles. The summed E-state index contributed by atoms with van der Waals surface area (Å²) in [4.78, 5) is 15.1. The summed E-state index contributed by atoms with van der Waals surface area (Å²) >= 11 is 0. The van der Waals surface area contributed by atoms with Gasteiger partial charge in [0.1, 0.15) is 6.33 Å². The van der Waals surface area contributed by atoms with Crippen molar-refractivity contribution in [3.63, 3.8) is 0 Å². The number of amides is 1. The Kier molecular flexibility index (Phi) is 1.90. The average molecular weight is 193 g/mol. The number of H-pyrrole nitrogens is 1. The zero-order valence-corrected chi connectivity index (χ0v) is 7.02. The molecule has 7 heteroatoms. The fraction of sp³-hybridized carbons (Fsp3) is 0. The van der Waals surface area contributed by atoms with Crippen molar-refractivity contribution in [2.75, 3.05) is 11.1 Å². The molecule has 2 aromatic rings. The Hall–Kier alpha value is -2.31. The lowest BCUT2D eigenvalue weighted by atomic mass is 10.4. The second-order valence-corrected chi connectivity index (χ2v) is 2.49. The first-order valence-electron chi connectivity index (χ1n) is 3.78. The molecule has 0 aliphatic heterocycles. The summed E-state index contributed by atoms with van der Waals surface area (Å²) in [6, 6.07) is 2.97. The van der Waals surface area contributed by atoms with Gasteiger partial charge < -0.3 is 10.2 Å². The second kappa shape index (κ2) is 3.21. The fourth-order valence-corrected chi connectivity index (χ4v) is 0.910. The van der Waals surface area contributed by atoms with E-state index in [2.05, 4.69) is 20.5 Å². The molecule has 4 N–H and O–H groups in total. The molecule has 0 fully saturated rings. The summed E-state index contributed by atoms with van der Waals surface area (Å²) in [6.45, 7) is 0. The van der Waals surface area contributed by atoms with E-state index in [1.807, 2.05) is 0 Å². The van der Waals surface area contributed by atoms with Crippen molar-refractivity contribution >= 4 is 17.7 Å². The van der Waals surface area contributed by atoms with Crippen LogP contribution in [0.1, 0.15) is 10.6 Å². The number of carbonyl (C=O) groups is 1. The number of hydrogen-bond donors (Lipinski definition) is 3. The van der Waals surface area contributed by atoms with Crippen molar-refractivity contribution in [2.24, 2.45) is 0 Å². The third-order valence-corrected chi connectivity index (χ3v) is 1.50. The minimum absolute atomic E-state index is 0.124. The summed E-state index contributed by atoms with van der Waals surface area (Å²) in [5.41, 5.74) is 5.31. The van der Waals surface area contributed by atoms with Crippen molar-refractivity contribution < 1.29 is 9.21 Å². The number of aromatic nitrogens is 3. The highest BCUT2D eigenvalue weighted by Crippen LogP contribution is 2.10. The molecule has 2 rings (SSSR count). The third-order valence-electron chi connectivity index (χ3n) is 1.50. The van der Waals surface area contributed by atoms with Crippen LogP contribution in [0.2, 0.25) is 0 Å². The number of aromatic amines is 1. The molecule has 0 aliphatic rings. The molecule has 0 aliphatic carbocycles. The smallest absolute Gasteiger partial charge is 0.293 e. The van der Waals surface area contributed by atoms with Crippen molar-refractivity contribution in [1.29, 1.82) is 0 Å². The van der Waals surface area contributed by atoms with Gasteiger partial charge in [-0.3, -0.25) is 10.1 Å². The highest BCUT2D eigenvalue weighted by Gasteiger charge is 2.11. The summed E-state index contributed by atoms with van der Waals surface area (Å²) in [6.07, 6.45) is 1.28. The Morgan fingerprint density at radius 1 is 1.57 bits per heavy atom. The highest BCUT2D eigenvalue weighted by atomic mass is 16.4. The first kappa shape index (κ1) is 8.30. The molecule has 0 atom stereocenters. The Labute approximate surface area is 78.3 Å². The number of carbonyl (C=O) groups excluding carboxylic acids is 1. The summed E-state index contributed by atoms with van der Waals surface area (Å²) in [5, 5.41) is 8.48. The van der Waals surface area contributed by atoms with E-state index in [1.165, 1.54) is 18.5 Å². The van der Waals surface area contributed by atoms with Crippen LogP contribution in [0, 0.1) is 0 Å². The molecule has 0 aromatic carbocycles.